The maximum atomic E-state index is 13.6. The van der Waals surface area contributed by atoms with Gasteiger partial charge in [0.15, 0.2) is 0 Å². The van der Waals surface area contributed by atoms with Gasteiger partial charge >= 0.3 is 0 Å². The Hall–Kier alpha value is -3.46. The number of benzene rings is 2. The summed E-state index contributed by atoms with van der Waals surface area (Å²) < 4.78 is 0. The molecule has 2 aromatic rings. The largest absolute Gasteiger partial charge is 0.323 e. The molecule has 2 aromatic carbocycles. The second-order valence-electron chi connectivity index (χ2n) is 8.27. The molecule has 1 aliphatic carbocycles. The number of anilines is 1. The van der Waals surface area contributed by atoms with E-state index >= 15 is 0 Å². The van der Waals surface area contributed by atoms with Crippen LogP contribution in [0.3, 0.4) is 0 Å². The van der Waals surface area contributed by atoms with Gasteiger partial charge in [0.25, 0.3) is 11.8 Å². The summed E-state index contributed by atoms with van der Waals surface area (Å²) in [5.41, 5.74) is 2.32. The molecule has 6 nitrogen and oxygen atoms in total. The topological polar surface area (TPSA) is 81.5 Å². The summed E-state index contributed by atoms with van der Waals surface area (Å²) in [6.45, 7) is 1.89. The highest BCUT2D eigenvalue weighted by molar-refractivity contribution is 6.23. The molecule has 0 spiro atoms. The van der Waals surface area contributed by atoms with Gasteiger partial charge in [0.1, 0.15) is 6.04 Å². The van der Waals surface area contributed by atoms with Crippen LogP contribution in [-0.2, 0) is 9.59 Å². The van der Waals surface area contributed by atoms with Crippen LogP contribution >= 0.6 is 0 Å². The van der Waals surface area contributed by atoms with E-state index in [1.165, 1.54) is 0 Å². The summed E-state index contributed by atoms with van der Waals surface area (Å²) in [4.78, 5) is 42.8. The number of carbonyl (C=O) groups excluding carboxylic acids is 3. The van der Waals surface area contributed by atoms with Crippen molar-refractivity contribution in [3.8, 4) is 6.07 Å². The highest BCUT2D eigenvalue weighted by Gasteiger charge is 2.46. The number of amides is 3. The number of imide groups is 1. The van der Waals surface area contributed by atoms with E-state index in [1.807, 2.05) is 31.2 Å². The first-order valence-corrected chi connectivity index (χ1v) is 10.8. The zero-order valence-electron chi connectivity index (χ0n) is 17.6. The zero-order valence-corrected chi connectivity index (χ0v) is 17.6. The Kier molecular flexibility index (Phi) is 5.85. The first-order valence-electron chi connectivity index (χ1n) is 10.8. The van der Waals surface area contributed by atoms with Gasteiger partial charge in [-0.1, -0.05) is 37.5 Å². The van der Waals surface area contributed by atoms with Crippen LogP contribution in [0.5, 0.6) is 0 Å². The summed E-state index contributed by atoms with van der Waals surface area (Å²) in [5.74, 6) is -0.877. The molecule has 1 heterocycles. The van der Waals surface area contributed by atoms with Gasteiger partial charge in [-0.15, -0.1) is 0 Å². The van der Waals surface area contributed by atoms with Crippen LogP contribution in [0.15, 0.2) is 48.5 Å². The van der Waals surface area contributed by atoms with Gasteiger partial charge in [-0.3, -0.25) is 14.4 Å². The molecule has 0 N–H and O–H groups in total. The molecule has 0 bridgehead atoms. The molecule has 3 amide bonds. The first-order chi connectivity index (χ1) is 15.0. The molecule has 31 heavy (non-hydrogen) atoms. The molecule has 158 valence electrons. The minimum atomic E-state index is -0.807. The van der Waals surface area contributed by atoms with E-state index in [0.717, 1.165) is 42.6 Å². The lowest BCUT2D eigenvalue weighted by atomic mass is 9.91. The Bertz CT molecular complexity index is 1050. The van der Waals surface area contributed by atoms with Crippen LogP contribution in [0, 0.1) is 18.3 Å². The molecule has 0 aromatic heterocycles. The van der Waals surface area contributed by atoms with Gasteiger partial charge in [0.05, 0.1) is 23.7 Å². The molecule has 2 fully saturated rings. The van der Waals surface area contributed by atoms with Crippen LogP contribution in [0.4, 0.5) is 5.69 Å². The van der Waals surface area contributed by atoms with Crippen molar-refractivity contribution >= 4 is 23.4 Å². The molecule has 6 heteroatoms. The monoisotopic (exact) mass is 415 g/mol. The fourth-order valence-electron chi connectivity index (χ4n) is 4.66. The molecule has 0 radical (unpaired) electrons. The molecule has 1 saturated carbocycles. The third-order valence-corrected chi connectivity index (χ3v) is 6.29. The fraction of sp³-hybridized carbons (Fsp3) is 0.360. The number of nitrogens with zero attached hydrogens (tertiary/aromatic N) is 3. The van der Waals surface area contributed by atoms with Crippen molar-refractivity contribution in [2.24, 2.45) is 0 Å². The van der Waals surface area contributed by atoms with Crippen molar-refractivity contribution in [3.05, 3.63) is 65.2 Å². The normalized spacial score (nSPS) is 19.4. The number of hydrogen-bond donors (Lipinski definition) is 0. The van der Waals surface area contributed by atoms with Crippen molar-refractivity contribution in [3.63, 3.8) is 0 Å². The maximum Gasteiger partial charge on any atom is 0.257 e. The van der Waals surface area contributed by atoms with E-state index in [1.54, 1.807) is 35.2 Å². The van der Waals surface area contributed by atoms with Gasteiger partial charge in [0, 0.05) is 11.6 Å². The van der Waals surface area contributed by atoms with E-state index in [9.17, 15) is 14.4 Å². The summed E-state index contributed by atoms with van der Waals surface area (Å²) in [6, 6.07) is 14.9. The summed E-state index contributed by atoms with van der Waals surface area (Å²) in [6.07, 6.45) is 4.80. The number of aryl methyl sites for hydroxylation is 1. The lowest BCUT2D eigenvalue weighted by molar-refractivity contribution is -0.123. The second kappa shape index (κ2) is 8.73. The Labute approximate surface area is 182 Å². The number of hydrogen-bond acceptors (Lipinski definition) is 4. The van der Waals surface area contributed by atoms with E-state index < -0.39 is 6.04 Å². The van der Waals surface area contributed by atoms with E-state index in [-0.39, 0.29) is 30.2 Å². The highest BCUT2D eigenvalue weighted by Crippen LogP contribution is 2.32. The summed E-state index contributed by atoms with van der Waals surface area (Å²) >= 11 is 0. The number of rotatable bonds is 4. The van der Waals surface area contributed by atoms with Crippen LogP contribution in [0.25, 0.3) is 0 Å². The van der Waals surface area contributed by atoms with Crippen molar-refractivity contribution in [2.45, 2.75) is 57.5 Å². The zero-order chi connectivity index (χ0) is 22.0. The Morgan fingerprint density at radius 2 is 1.71 bits per heavy atom. The molecule has 2 aliphatic rings. The Morgan fingerprint density at radius 3 is 2.35 bits per heavy atom. The van der Waals surface area contributed by atoms with Gasteiger partial charge in [0.2, 0.25) is 5.91 Å². The van der Waals surface area contributed by atoms with E-state index in [2.05, 4.69) is 0 Å². The maximum absolute atomic E-state index is 13.6. The molecular formula is C25H25N3O3. The van der Waals surface area contributed by atoms with Crippen molar-refractivity contribution in [1.29, 1.82) is 5.26 Å². The molecule has 4 rings (SSSR count). The fourth-order valence-corrected chi connectivity index (χ4v) is 4.66. The standard InChI is InChI=1S/C25H25N3O3/c1-17-7-5-6-10-21(17)24(30)27(19-8-3-2-4-9-19)22-15-23(29)28(25(22)31)20-13-11-18(16-26)12-14-20/h5-7,10-14,19,22H,2-4,8-9,15H2,1H3. The Balaban J connectivity index is 1.68. The third kappa shape index (κ3) is 3.96. The second-order valence-corrected chi connectivity index (χ2v) is 8.27. The van der Waals surface area contributed by atoms with Crippen molar-refractivity contribution < 1.29 is 14.4 Å². The lowest BCUT2D eigenvalue weighted by Gasteiger charge is -2.37. The van der Waals surface area contributed by atoms with Crippen LogP contribution in [0.1, 0.15) is 60.0 Å². The molecule has 1 saturated heterocycles. The van der Waals surface area contributed by atoms with E-state index in [4.69, 9.17) is 5.26 Å². The van der Waals surface area contributed by atoms with Crippen LogP contribution in [-0.4, -0.2) is 34.7 Å². The minimum absolute atomic E-state index is 0.0209. The van der Waals surface area contributed by atoms with Gasteiger partial charge in [-0.05, 0) is 55.7 Å². The minimum Gasteiger partial charge on any atom is -0.323 e. The van der Waals surface area contributed by atoms with Crippen LogP contribution < -0.4 is 4.90 Å². The third-order valence-electron chi connectivity index (χ3n) is 6.29. The predicted octanol–water partition coefficient (Wildman–Crippen LogP) is 3.97. The van der Waals surface area contributed by atoms with Gasteiger partial charge in [-0.2, -0.15) is 5.26 Å². The molecule has 1 unspecified atom stereocenters. The summed E-state index contributed by atoms with van der Waals surface area (Å²) in [5, 5.41) is 9.01. The average Bonchev–Trinajstić information content (AvgIpc) is 3.08. The van der Waals surface area contributed by atoms with Crippen LogP contribution in [0.2, 0.25) is 0 Å². The molecule has 1 atom stereocenters. The Morgan fingerprint density at radius 1 is 1.03 bits per heavy atom. The molecule has 1 aliphatic heterocycles. The van der Waals surface area contributed by atoms with Crippen molar-refractivity contribution in [2.75, 3.05) is 4.90 Å². The highest BCUT2D eigenvalue weighted by atomic mass is 16.2. The first kappa shape index (κ1) is 20.8. The predicted molar refractivity (Wildman–Crippen MR) is 116 cm³/mol. The summed E-state index contributed by atoms with van der Waals surface area (Å²) in [7, 11) is 0. The van der Waals surface area contributed by atoms with Gasteiger partial charge in [-0.25, -0.2) is 4.90 Å². The quantitative estimate of drug-likeness (QED) is 0.708. The van der Waals surface area contributed by atoms with Gasteiger partial charge < -0.3 is 4.90 Å². The SMILES string of the molecule is Cc1ccccc1C(=O)N(C1CCCCC1)C1CC(=O)N(c2ccc(C#N)cc2)C1=O. The van der Waals surface area contributed by atoms with E-state index in [0.29, 0.717) is 16.8 Å². The number of nitriles is 1. The smallest absolute Gasteiger partial charge is 0.257 e. The lowest BCUT2D eigenvalue weighted by Crippen LogP contribution is -2.51. The number of carbonyl (C=O) groups is 3. The molecular weight excluding hydrogens is 390 g/mol. The average molecular weight is 415 g/mol. The van der Waals surface area contributed by atoms with Crippen molar-refractivity contribution in [1.82, 2.24) is 4.90 Å².